The van der Waals surface area contributed by atoms with E-state index in [1.807, 2.05) is 6.07 Å². The summed E-state index contributed by atoms with van der Waals surface area (Å²) in [6.07, 6.45) is 1.88. The molecule has 1 aromatic heterocycles. The number of nitriles is 1. The highest BCUT2D eigenvalue weighted by Crippen LogP contribution is 2.17. The van der Waals surface area contributed by atoms with Gasteiger partial charge in [-0.05, 0) is 6.07 Å². The number of aromatic nitrogens is 1. The van der Waals surface area contributed by atoms with Gasteiger partial charge in [0, 0.05) is 38.2 Å². The Labute approximate surface area is 104 Å². The minimum absolute atomic E-state index is 0.0129. The second-order valence-corrected chi connectivity index (χ2v) is 4.08. The molecule has 18 heavy (non-hydrogen) atoms. The van der Waals surface area contributed by atoms with E-state index in [4.69, 9.17) is 15.1 Å². The summed E-state index contributed by atoms with van der Waals surface area (Å²) in [6.45, 7) is 0.965. The molecule has 1 aliphatic rings. The van der Waals surface area contributed by atoms with Gasteiger partial charge in [-0.3, -0.25) is 0 Å². The third kappa shape index (κ3) is 2.88. The van der Waals surface area contributed by atoms with Crippen LogP contribution in [0, 0.1) is 11.3 Å². The maximum absolute atomic E-state index is 10.7. The van der Waals surface area contributed by atoms with Gasteiger partial charge in [0.1, 0.15) is 12.2 Å². The highest BCUT2D eigenvalue weighted by molar-refractivity contribution is 5.65. The van der Waals surface area contributed by atoms with Gasteiger partial charge in [-0.2, -0.15) is 5.26 Å². The van der Waals surface area contributed by atoms with Crippen molar-refractivity contribution in [1.82, 2.24) is 9.88 Å². The number of amides is 1. The van der Waals surface area contributed by atoms with Crippen molar-refractivity contribution in [2.24, 2.45) is 0 Å². The number of hydrogen-bond donors (Lipinski definition) is 1. The molecule has 1 amide bonds. The van der Waals surface area contributed by atoms with Gasteiger partial charge in [0.15, 0.2) is 0 Å². The van der Waals surface area contributed by atoms with Gasteiger partial charge in [0.2, 0.25) is 5.88 Å². The van der Waals surface area contributed by atoms with Crippen molar-refractivity contribution in [3.63, 3.8) is 0 Å². The van der Waals surface area contributed by atoms with Crippen LogP contribution in [0.5, 0.6) is 5.88 Å². The lowest BCUT2D eigenvalue weighted by Crippen LogP contribution is -2.41. The van der Waals surface area contributed by atoms with Crippen LogP contribution < -0.4 is 4.74 Å². The number of carboxylic acid groups (broad SMARTS) is 1. The Hall–Kier alpha value is -2.29. The molecule has 6 heteroatoms. The lowest BCUT2D eigenvalue weighted by Gasteiger charge is -2.29. The summed E-state index contributed by atoms with van der Waals surface area (Å²) in [6, 6.07) is 5.29. The monoisotopic (exact) mass is 247 g/mol. The van der Waals surface area contributed by atoms with Crippen molar-refractivity contribution in [2.75, 3.05) is 13.1 Å². The van der Waals surface area contributed by atoms with E-state index in [-0.39, 0.29) is 6.10 Å². The molecular weight excluding hydrogens is 234 g/mol. The van der Waals surface area contributed by atoms with Crippen molar-refractivity contribution >= 4 is 6.09 Å². The van der Waals surface area contributed by atoms with Gasteiger partial charge < -0.3 is 14.7 Å². The molecule has 1 saturated heterocycles. The van der Waals surface area contributed by atoms with Gasteiger partial charge in [-0.15, -0.1) is 0 Å². The van der Waals surface area contributed by atoms with Crippen LogP contribution >= 0.6 is 0 Å². The Balaban J connectivity index is 1.87. The zero-order valence-corrected chi connectivity index (χ0v) is 9.74. The normalized spacial score (nSPS) is 16.1. The lowest BCUT2D eigenvalue weighted by atomic mass is 10.1. The third-order valence-electron chi connectivity index (χ3n) is 2.87. The number of piperidine rings is 1. The Morgan fingerprint density at radius 1 is 1.50 bits per heavy atom. The first-order chi connectivity index (χ1) is 8.69. The van der Waals surface area contributed by atoms with Crippen LogP contribution in [0.25, 0.3) is 0 Å². The molecule has 0 atom stereocenters. The van der Waals surface area contributed by atoms with E-state index in [9.17, 15) is 4.79 Å². The standard InChI is InChI=1S/C12H13N3O3/c13-7-9-1-2-11(14-8-9)18-10-3-5-15(6-4-10)12(16)17/h1-2,8,10H,3-6H2,(H,16,17). The van der Waals surface area contributed by atoms with Crippen LogP contribution in [0.3, 0.4) is 0 Å². The lowest BCUT2D eigenvalue weighted by molar-refractivity contribution is 0.0871. The van der Waals surface area contributed by atoms with Crippen LogP contribution in [0.15, 0.2) is 18.3 Å². The predicted octanol–water partition coefficient (Wildman–Crippen LogP) is 1.47. The molecule has 0 spiro atoms. The molecule has 6 nitrogen and oxygen atoms in total. The highest BCUT2D eigenvalue weighted by atomic mass is 16.5. The van der Waals surface area contributed by atoms with E-state index >= 15 is 0 Å². The molecule has 0 unspecified atom stereocenters. The molecular formula is C12H13N3O3. The molecule has 2 rings (SSSR count). The number of hydrogen-bond acceptors (Lipinski definition) is 4. The molecule has 94 valence electrons. The second kappa shape index (κ2) is 5.36. The molecule has 0 radical (unpaired) electrons. The maximum Gasteiger partial charge on any atom is 0.407 e. The predicted molar refractivity (Wildman–Crippen MR) is 62.2 cm³/mol. The first kappa shape index (κ1) is 12.2. The summed E-state index contributed by atoms with van der Waals surface area (Å²) in [5.74, 6) is 0.475. The number of rotatable bonds is 2. The summed E-state index contributed by atoms with van der Waals surface area (Å²) in [4.78, 5) is 16.1. The molecule has 1 fully saturated rings. The average molecular weight is 247 g/mol. The minimum Gasteiger partial charge on any atom is -0.474 e. The highest BCUT2D eigenvalue weighted by Gasteiger charge is 2.23. The number of pyridine rings is 1. The molecule has 1 aromatic rings. The number of ether oxygens (including phenoxy) is 1. The van der Waals surface area contributed by atoms with Crippen molar-refractivity contribution in [3.8, 4) is 11.9 Å². The SMILES string of the molecule is N#Cc1ccc(OC2CCN(C(=O)O)CC2)nc1. The van der Waals surface area contributed by atoms with Crippen molar-refractivity contribution in [1.29, 1.82) is 5.26 Å². The Morgan fingerprint density at radius 2 is 2.22 bits per heavy atom. The van der Waals surface area contributed by atoms with Crippen molar-refractivity contribution in [2.45, 2.75) is 18.9 Å². The molecule has 1 N–H and O–H groups in total. The number of carbonyl (C=O) groups is 1. The van der Waals surface area contributed by atoms with E-state index in [0.29, 0.717) is 37.4 Å². The van der Waals surface area contributed by atoms with Crippen molar-refractivity contribution < 1.29 is 14.6 Å². The van der Waals surface area contributed by atoms with E-state index < -0.39 is 6.09 Å². The molecule has 0 aromatic carbocycles. The van der Waals surface area contributed by atoms with Crippen LogP contribution in [0.2, 0.25) is 0 Å². The molecule has 0 bridgehead atoms. The first-order valence-electron chi connectivity index (χ1n) is 5.69. The third-order valence-corrected chi connectivity index (χ3v) is 2.87. The zero-order chi connectivity index (χ0) is 13.0. The summed E-state index contributed by atoms with van der Waals surface area (Å²) < 4.78 is 5.64. The van der Waals surface area contributed by atoms with Gasteiger partial charge in [-0.25, -0.2) is 9.78 Å². The average Bonchev–Trinajstić information content (AvgIpc) is 2.40. The molecule has 2 heterocycles. The van der Waals surface area contributed by atoms with Gasteiger partial charge in [0.05, 0.1) is 5.56 Å². The van der Waals surface area contributed by atoms with Crippen LogP contribution in [-0.2, 0) is 0 Å². The first-order valence-corrected chi connectivity index (χ1v) is 5.69. The van der Waals surface area contributed by atoms with E-state index in [2.05, 4.69) is 4.98 Å². The number of nitrogens with zero attached hydrogens (tertiary/aromatic N) is 3. The fourth-order valence-electron chi connectivity index (χ4n) is 1.85. The Kier molecular flexibility index (Phi) is 3.63. The summed E-state index contributed by atoms with van der Waals surface area (Å²) in [5, 5.41) is 17.5. The Morgan fingerprint density at radius 3 is 2.72 bits per heavy atom. The summed E-state index contributed by atoms with van der Waals surface area (Å²) in [7, 11) is 0. The fourth-order valence-corrected chi connectivity index (χ4v) is 1.85. The minimum atomic E-state index is -0.884. The van der Waals surface area contributed by atoms with E-state index in [1.165, 1.54) is 11.1 Å². The fraction of sp³-hybridized carbons (Fsp3) is 0.417. The quantitative estimate of drug-likeness (QED) is 0.855. The molecule has 1 aliphatic heterocycles. The summed E-state index contributed by atoms with van der Waals surface area (Å²) >= 11 is 0. The van der Waals surface area contributed by atoms with E-state index in [1.54, 1.807) is 12.1 Å². The van der Waals surface area contributed by atoms with Crippen LogP contribution in [0.1, 0.15) is 18.4 Å². The van der Waals surface area contributed by atoms with E-state index in [0.717, 1.165) is 0 Å². The van der Waals surface area contributed by atoms with Crippen LogP contribution in [0.4, 0.5) is 4.79 Å². The number of likely N-dealkylation sites (tertiary alicyclic amines) is 1. The molecule has 0 saturated carbocycles. The Bertz CT molecular complexity index is 458. The smallest absolute Gasteiger partial charge is 0.407 e. The zero-order valence-electron chi connectivity index (χ0n) is 9.74. The van der Waals surface area contributed by atoms with Gasteiger partial charge in [-0.1, -0.05) is 0 Å². The molecule has 0 aliphatic carbocycles. The second-order valence-electron chi connectivity index (χ2n) is 4.08. The largest absolute Gasteiger partial charge is 0.474 e. The van der Waals surface area contributed by atoms with Gasteiger partial charge in [0.25, 0.3) is 0 Å². The van der Waals surface area contributed by atoms with Crippen molar-refractivity contribution in [3.05, 3.63) is 23.9 Å². The topological polar surface area (TPSA) is 86.5 Å². The van der Waals surface area contributed by atoms with Crippen LogP contribution in [-0.4, -0.2) is 40.3 Å². The maximum atomic E-state index is 10.7. The summed E-state index contributed by atoms with van der Waals surface area (Å²) in [5.41, 5.74) is 0.489. The van der Waals surface area contributed by atoms with Gasteiger partial charge >= 0.3 is 6.09 Å².